The Morgan fingerprint density at radius 2 is 1.72 bits per heavy atom. The molecule has 0 bridgehead atoms. The first kappa shape index (κ1) is 15.9. The van der Waals surface area contributed by atoms with Gasteiger partial charge in [-0.15, -0.1) is 0 Å². The molecule has 1 aliphatic heterocycles. The first-order chi connectivity index (χ1) is 11.9. The fourth-order valence-corrected chi connectivity index (χ4v) is 3.76. The van der Waals surface area contributed by atoms with E-state index in [0.29, 0.717) is 5.92 Å². The first-order valence-electron chi connectivity index (χ1n) is 8.98. The van der Waals surface area contributed by atoms with E-state index < -0.39 is 0 Å². The molecule has 0 aliphatic carbocycles. The van der Waals surface area contributed by atoms with Crippen molar-refractivity contribution in [1.82, 2.24) is 9.78 Å². The number of fused-ring (bicyclic) bond motifs is 3. The lowest BCUT2D eigenvalue weighted by Gasteiger charge is -2.31. The van der Waals surface area contributed by atoms with Crippen molar-refractivity contribution in [3.05, 3.63) is 70.4 Å². The fraction of sp³-hybridized carbons (Fsp3) is 0.318. The SMILES string of the molecule is Cc1cc(C)c2c(c1)-c1cc(C)nn1C(c1ccc(C(C)C)cc1)N2. The molecule has 0 saturated heterocycles. The second-order valence-corrected chi connectivity index (χ2v) is 7.49. The molecule has 1 aliphatic rings. The molecule has 4 rings (SSSR count). The van der Waals surface area contributed by atoms with Gasteiger partial charge in [0.1, 0.15) is 6.17 Å². The van der Waals surface area contributed by atoms with Crippen LogP contribution in [0.25, 0.3) is 11.3 Å². The van der Waals surface area contributed by atoms with Gasteiger partial charge < -0.3 is 5.32 Å². The van der Waals surface area contributed by atoms with Gasteiger partial charge in [0.05, 0.1) is 11.4 Å². The lowest BCUT2D eigenvalue weighted by atomic mass is 9.97. The van der Waals surface area contributed by atoms with E-state index in [1.807, 2.05) is 0 Å². The van der Waals surface area contributed by atoms with Crippen LogP contribution < -0.4 is 5.32 Å². The Morgan fingerprint density at radius 1 is 1.00 bits per heavy atom. The lowest BCUT2D eigenvalue weighted by molar-refractivity contribution is 0.570. The highest BCUT2D eigenvalue weighted by molar-refractivity contribution is 5.81. The van der Waals surface area contributed by atoms with Gasteiger partial charge in [0, 0.05) is 11.3 Å². The average molecular weight is 331 g/mol. The number of hydrogen-bond donors (Lipinski definition) is 1. The van der Waals surface area contributed by atoms with Crippen molar-refractivity contribution in [1.29, 1.82) is 0 Å². The molecule has 1 unspecified atom stereocenters. The highest BCUT2D eigenvalue weighted by Gasteiger charge is 2.27. The minimum Gasteiger partial charge on any atom is -0.359 e. The molecule has 2 heterocycles. The minimum absolute atomic E-state index is 0.0267. The number of nitrogens with one attached hydrogen (secondary N) is 1. The zero-order chi connectivity index (χ0) is 17.7. The molecule has 2 aromatic carbocycles. The number of rotatable bonds is 2. The third-order valence-electron chi connectivity index (χ3n) is 5.06. The van der Waals surface area contributed by atoms with Crippen molar-refractivity contribution < 1.29 is 0 Å². The van der Waals surface area contributed by atoms with Crippen molar-refractivity contribution in [3.8, 4) is 11.3 Å². The van der Waals surface area contributed by atoms with E-state index in [4.69, 9.17) is 5.10 Å². The van der Waals surface area contributed by atoms with Crippen molar-refractivity contribution in [2.45, 2.75) is 46.7 Å². The molecule has 3 nitrogen and oxygen atoms in total. The maximum absolute atomic E-state index is 4.78. The molecule has 1 aromatic heterocycles. The van der Waals surface area contributed by atoms with Crippen LogP contribution in [0.3, 0.4) is 0 Å². The smallest absolute Gasteiger partial charge is 0.147 e. The summed E-state index contributed by atoms with van der Waals surface area (Å²) in [6, 6.07) is 15.6. The third kappa shape index (κ3) is 2.64. The van der Waals surface area contributed by atoms with E-state index in [1.165, 1.54) is 39.2 Å². The molecule has 0 saturated carbocycles. The van der Waals surface area contributed by atoms with Gasteiger partial charge in [-0.2, -0.15) is 5.10 Å². The number of anilines is 1. The van der Waals surface area contributed by atoms with Crippen LogP contribution in [0.1, 0.15) is 53.9 Å². The summed E-state index contributed by atoms with van der Waals surface area (Å²) >= 11 is 0. The average Bonchev–Trinajstić information content (AvgIpc) is 2.96. The minimum atomic E-state index is 0.0267. The number of hydrogen-bond acceptors (Lipinski definition) is 2. The number of nitrogens with zero attached hydrogens (tertiary/aromatic N) is 2. The molecule has 0 radical (unpaired) electrons. The van der Waals surface area contributed by atoms with E-state index in [2.05, 4.69) is 87.1 Å². The van der Waals surface area contributed by atoms with Gasteiger partial charge in [-0.1, -0.05) is 49.7 Å². The quantitative estimate of drug-likeness (QED) is 0.665. The third-order valence-corrected chi connectivity index (χ3v) is 5.06. The van der Waals surface area contributed by atoms with E-state index >= 15 is 0 Å². The fourth-order valence-electron chi connectivity index (χ4n) is 3.76. The molecule has 1 N–H and O–H groups in total. The summed E-state index contributed by atoms with van der Waals surface area (Å²) in [6.07, 6.45) is 0.0267. The second kappa shape index (κ2) is 5.76. The molecule has 3 aromatic rings. The van der Waals surface area contributed by atoms with Crippen LogP contribution in [0.15, 0.2) is 42.5 Å². The molecule has 1 atom stereocenters. The van der Waals surface area contributed by atoms with Crippen molar-refractivity contribution in [2.75, 3.05) is 5.32 Å². The van der Waals surface area contributed by atoms with Crippen LogP contribution in [-0.4, -0.2) is 9.78 Å². The Balaban J connectivity index is 1.85. The van der Waals surface area contributed by atoms with Crippen LogP contribution in [0, 0.1) is 20.8 Å². The topological polar surface area (TPSA) is 29.9 Å². The summed E-state index contributed by atoms with van der Waals surface area (Å²) in [7, 11) is 0. The number of benzene rings is 2. The molecule has 3 heteroatoms. The standard InChI is InChI=1S/C22H25N3/c1-13(2)17-6-8-18(9-7-17)22-23-21-15(4)10-14(3)11-19(21)20-12-16(5)24-25(20)22/h6-13,22-23H,1-5H3. The predicted octanol–water partition coefficient (Wildman–Crippen LogP) is 5.57. The number of aromatic nitrogens is 2. The maximum Gasteiger partial charge on any atom is 0.147 e. The zero-order valence-corrected chi connectivity index (χ0v) is 15.6. The van der Waals surface area contributed by atoms with E-state index in [9.17, 15) is 0 Å². The van der Waals surface area contributed by atoms with Crippen LogP contribution in [0.4, 0.5) is 5.69 Å². The zero-order valence-electron chi connectivity index (χ0n) is 15.6. The normalized spacial score (nSPS) is 15.7. The van der Waals surface area contributed by atoms with Gasteiger partial charge in [-0.05, 0) is 55.5 Å². The second-order valence-electron chi connectivity index (χ2n) is 7.49. The van der Waals surface area contributed by atoms with Crippen LogP contribution in [0.5, 0.6) is 0 Å². The van der Waals surface area contributed by atoms with Gasteiger partial charge in [-0.25, -0.2) is 4.68 Å². The van der Waals surface area contributed by atoms with Gasteiger partial charge >= 0.3 is 0 Å². The summed E-state index contributed by atoms with van der Waals surface area (Å²) in [6.45, 7) is 10.8. The monoisotopic (exact) mass is 331 g/mol. The molecular weight excluding hydrogens is 306 g/mol. The van der Waals surface area contributed by atoms with Gasteiger partial charge in [0.15, 0.2) is 0 Å². The van der Waals surface area contributed by atoms with Crippen molar-refractivity contribution >= 4 is 5.69 Å². The Labute approximate surface area is 149 Å². The van der Waals surface area contributed by atoms with Crippen molar-refractivity contribution in [2.24, 2.45) is 0 Å². The van der Waals surface area contributed by atoms with Gasteiger partial charge in [0.2, 0.25) is 0 Å². The Morgan fingerprint density at radius 3 is 2.40 bits per heavy atom. The first-order valence-corrected chi connectivity index (χ1v) is 8.98. The highest BCUT2D eigenvalue weighted by Crippen LogP contribution is 2.41. The molecule has 0 amide bonds. The summed E-state index contributed by atoms with van der Waals surface area (Å²) in [5.41, 5.74) is 9.86. The van der Waals surface area contributed by atoms with Gasteiger partial charge in [0.25, 0.3) is 0 Å². The largest absolute Gasteiger partial charge is 0.359 e. The molecule has 25 heavy (non-hydrogen) atoms. The molecule has 0 fully saturated rings. The highest BCUT2D eigenvalue weighted by atomic mass is 15.4. The van der Waals surface area contributed by atoms with Crippen LogP contribution in [0.2, 0.25) is 0 Å². The number of aryl methyl sites for hydroxylation is 3. The van der Waals surface area contributed by atoms with Crippen molar-refractivity contribution in [3.63, 3.8) is 0 Å². The van der Waals surface area contributed by atoms with E-state index in [1.54, 1.807) is 0 Å². The van der Waals surface area contributed by atoms with Crippen LogP contribution >= 0.6 is 0 Å². The Bertz CT molecular complexity index is 933. The van der Waals surface area contributed by atoms with E-state index in [0.717, 1.165) is 5.69 Å². The molecule has 128 valence electrons. The molecular formula is C22H25N3. The van der Waals surface area contributed by atoms with Gasteiger partial charge in [-0.3, -0.25) is 0 Å². The Hall–Kier alpha value is -2.55. The predicted molar refractivity (Wildman–Crippen MR) is 104 cm³/mol. The lowest BCUT2D eigenvalue weighted by Crippen LogP contribution is -2.26. The van der Waals surface area contributed by atoms with Crippen LogP contribution in [-0.2, 0) is 0 Å². The van der Waals surface area contributed by atoms with E-state index in [-0.39, 0.29) is 6.17 Å². The summed E-state index contributed by atoms with van der Waals surface area (Å²) in [4.78, 5) is 0. The Kier molecular flexibility index (Phi) is 3.68. The summed E-state index contributed by atoms with van der Waals surface area (Å²) in [5.74, 6) is 0.543. The maximum atomic E-state index is 4.78. The summed E-state index contributed by atoms with van der Waals surface area (Å²) in [5, 5.41) is 8.51. The summed E-state index contributed by atoms with van der Waals surface area (Å²) < 4.78 is 2.13. The molecule has 0 spiro atoms.